The van der Waals surface area contributed by atoms with E-state index in [0.29, 0.717) is 0 Å². The first-order chi connectivity index (χ1) is 14.4. The standard InChI is InChI=1S/C26H17O2P/c1-2-7-17(8-3-1)19-11-6-12-22-21(19)14-16-24-26(22)25-20-10-5-4-9-18(20)13-15-23(25)27-29-28-24/h1-16,29H. The summed E-state index contributed by atoms with van der Waals surface area (Å²) in [6.07, 6.45) is 0. The lowest BCUT2D eigenvalue weighted by molar-refractivity contribution is 0.663. The van der Waals surface area contributed by atoms with Crippen molar-refractivity contribution in [1.82, 2.24) is 0 Å². The molecule has 0 amide bonds. The number of fused-ring (bicyclic) bond motifs is 7. The van der Waals surface area contributed by atoms with Crippen LogP contribution in [0.25, 0.3) is 54.6 Å². The summed E-state index contributed by atoms with van der Waals surface area (Å²) in [6, 6.07) is 33.9. The molecule has 0 saturated carbocycles. The first-order valence-corrected chi connectivity index (χ1v) is 10.4. The lowest BCUT2D eigenvalue weighted by atomic mass is 9.94. The van der Waals surface area contributed by atoms with Gasteiger partial charge >= 0.3 is 0 Å². The summed E-state index contributed by atoms with van der Waals surface area (Å²) in [5, 5.41) is 6.99. The van der Waals surface area contributed by atoms with Gasteiger partial charge in [0.15, 0.2) is 0 Å². The Labute approximate surface area is 169 Å². The Morgan fingerprint density at radius 3 is 2.03 bits per heavy atom. The van der Waals surface area contributed by atoms with Crippen LogP contribution in [-0.2, 0) is 0 Å². The second-order valence-electron chi connectivity index (χ2n) is 7.15. The predicted molar refractivity (Wildman–Crippen MR) is 124 cm³/mol. The summed E-state index contributed by atoms with van der Waals surface area (Å²) < 4.78 is 12.0. The molecule has 1 unspecified atom stereocenters. The van der Waals surface area contributed by atoms with E-state index in [1.165, 1.54) is 32.7 Å². The Bertz CT molecular complexity index is 1550. The quantitative estimate of drug-likeness (QED) is 0.281. The molecule has 0 fully saturated rings. The van der Waals surface area contributed by atoms with Crippen LogP contribution in [0.3, 0.4) is 0 Å². The van der Waals surface area contributed by atoms with Crippen LogP contribution in [0.2, 0.25) is 0 Å². The Kier molecular flexibility index (Phi) is 3.72. The molecule has 0 saturated heterocycles. The van der Waals surface area contributed by atoms with Crippen LogP contribution >= 0.6 is 8.67 Å². The molecule has 0 bridgehead atoms. The fraction of sp³-hybridized carbons (Fsp3) is 0. The van der Waals surface area contributed by atoms with Gasteiger partial charge in [-0.05, 0) is 50.9 Å². The van der Waals surface area contributed by atoms with E-state index >= 15 is 0 Å². The molecular weight excluding hydrogens is 375 g/mol. The number of benzene rings is 5. The van der Waals surface area contributed by atoms with Crippen molar-refractivity contribution in [3.05, 3.63) is 97.1 Å². The molecule has 138 valence electrons. The van der Waals surface area contributed by atoms with Crippen molar-refractivity contribution in [2.24, 2.45) is 0 Å². The van der Waals surface area contributed by atoms with Crippen molar-refractivity contribution in [3.8, 4) is 11.1 Å². The molecule has 0 aliphatic rings. The first-order valence-electron chi connectivity index (χ1n) is 9.62. The van der Waals surface area contributed by atoms with E-state index in [1.807, 2.05) is 0 Å². The van der Waals surface area contributed by atoms with Crippen molar-refractivity contribution >= 4 is 52.2 Å². The summed E-state index contributed by atoms with van der Waals surface area (Å²) in [5.41, 5.74) is 4.18. The first kappa shape index (κ1) is 16.5. The molecular formula is C26H17O2P. The van der Waals surface area contributed by atoms with E-state index < -0.39 is 0 Å². The van der Waals surface area contributed by atoms with Crippen molar-refractivity contribution < 1.29 is 8.39 Å². The van der Waals surface area contributed by atoms with Crippen LogP contribution in [0.15, 0.2) is 105 Å². The zero-order chi connectivity index (χ0) is 19.2. The van der Waals surface area contributed by atoms with Crippen LogP contribution in [0.1, 0.15) is 0 Å². The smallest absolute Gasteiger partial charge is 0.201 e. The van der Waals surface area contributed by atoms with Crippen molar-refractivity contribution in [2.75, 3.05) is 0 Å². The van der Waals surface area contributed by atoms with Gasteiger partial charge in [-0.3, -0.25) is 0 Å². The molecule has 0 spiro atoms. The molecule has 29 heavy (non-hydrogen) atoms. The summed E-state index contributed by atoms with van der Waals surface area (Å²) >= 11 is 0. The molecule has 5 aromatic carbocycles. The van der Waals surface area contributed by atoms with Gasteiger partial charge in [0.2, 0.25) is 8.67 Å². The minimum atomic E-state index is -0.0589. The number of hydrogen-bond acceptors (Lipinski definition) is 2. The van der Waals surface area contributed by atoms with Crippen LogP contribution < -0.4 is 0 Å². The van der Waals surface area contributed by atoms with Gasteiger partial charge in [-0.1, -0.05) is 78.9 Å². The van der Waals surface area contributed by atoms with Crippen LogP contribution in [-0.4, -0.2) is 0 Å². The predicted octanol–water partition coefficient (Wildman–Crippen LogP) is 8.31. The normalized spacial score (nSPS) is 11.7. The average molecular weight is 392 g/mol. The van der Waals surface area contributed by atoms with E-state index in [1.54, 1.807) is 0 Å². The van der Waals surface area contributed by atoms with E-state index in [9.17, 15) is 0 Å². The Hall–Kier alpha value is -3.48. The largest absolute Gasteiger partial charge is 0.421 e. The van der Waals surface area contributed by atoms with Gasteiger partial charge < -0.3 is 8.39 Å². The summed E-state index contributed by atoms with van der Waals surface area (Å²) in [4.78, 5) is 0. The highest BCUT2D eigenvalue weighted by molar-refractivity contribution is 7.15. The third kappa shape index (κ3) is 2.57. The average Bonchev–Trinajstić information content (AvgIpc) is 2.99. The minimum absolute atomic E-state index is 0.0589. The summed E-state index contributed by atoms with van der Waals surface area (Å²) in [7, 11) is -0.0589. The second kappa shape index (κ2) is 6.55. The maximum Gasteiger partial charge on any atom is 0.201 e. The van der Waals surface area contributed by atoms with Crippen LogP contribution in [0.4, 0.5) is 0 Å². The molecule has 0 radical (unpaired) electrons. The van der Waals surface area contributed by atoms with Crippen LogP contribution in [0, 0.1) is 0 Å². The second-order valence-corrected chi connectivity index (χ2v) is 7.73. The molecule has 0 aliphatic heterocycles. The molecule has 1 heterocycles. The highest BCUT2D eigenvalue weighted by atomic mass is 31.1. The third-order valence-corrected chi connectivity index (χ3v) is 6.16. The van der Waals surface area contributed by atoms with E-state index in [-0.39, 0.29) is 8.67 Å². The SMILES string of the molecule is c1ccc(-c2cccc3c2ccc2o[pH]oc4ccc5ccccc5c4c23)cc1. The van der Waals surface area contributed by atoms with Gasteiger partial charge in [-0.2, -0.15) is 0 Å². The molecule has 1 aromatic heterocycles. The van der Waals surface area contributed by atoms with Gasteiger partial charge in [-0.15, -0.1) is 0 Å². The monoisotopic (exact) mass is 392 g/mol. The zero-order valence-corrected chi connectivity index (χ0v) is 16.6. The molecule has 3 heteroatoms. The van der Waals surface area contributed by atoms with Crippen molar-refractivity contribution in [2.45, 2.75) is 0 Å². The molecule has 1 atom stereocenters. The fourth-order valence-electron chi connectivity index (χ4n) is 4.26. The van der Waals surface area contributed by atoms with Crippen molar-refractivity contribution in [3.63, 3.8) is 0 Å². The maximum absolute atomic E-state index is 6.04. The van der Waals surface area contributed by atoms with Gasteiger partial charge in [0.05, 0.1) is 0 Å². The maximum atomic E-state index is 6.04. The molecule has 0 N–H and O–H groups in total. The van der Waals surface area contributed by atoms with E-state index in [4.69, 9.17) is 8.39 Å². The van der Waals surface area contributed by atoms with Gasteiger partial charge in [0, 0.05) is 10.8 Å². The topological polar surface area (TPSA) is 26.3 Å². The third-order valence-electron chi connectivity index (χ3n) is 5.55. The van der Waals surface area contributed by atoms with Gasteiger partial charge in [0.25, 0.3) is 0 Å². The molecule has 0 aliphatic carbocycles. The van der Waals surface area contributed by atoms with Gasteiger partial charge in [-0.25, -0.2) is 0 Å². The molecule has 2 nitrogen and oxygen atoms in total. The highest BCUT2D eigenvalue weighted by Gasteiger charge is 2.12. The van der Waals surface area contributed by atoms with E-state index in [2.05, 4.69) is 97.1 Å². The number of rotatable bonds is 1. The Balaban J connectivity index is 1.89. The summed E-state index contributed by atoms with van der Waals surface area (Å²) in [6.45, 7) is 0. The van der Waals surface area contributed by atoms with E-state index in [0.717, 1.165) is 21.9 Å². The van der Waals surface area contributed by atoms with Crippen molar-refractivity contribution in [1.29, 1.82) is 0 Å². The Morgan fingerprint density at radius 1 is 0.483 bits per heavy atom. The lowest BCUT2D eigenvalue weighted by Crippen LogP contribution is -1.84. The summed E-state index contributed by atoms with van der Waals surface area (Å²) in [5.74, 6) is 0. The number of hydrogen-bond donors (Lipinski definition) is 0. The highest BCUT2D eigenvalue weighted by Crippen LogP contribution is 2.39. The van der Waals surface area contributed by atoms with Crippen LogP contribution in [0.5, 0.6) is 0 Å². The minimum Gasteiger partial charge on any atom is -0.421 e. The molecule has 6 rings (SSSR count). The molecule has 6 aromatic rings. The lowest BCUT2D eigenvalue weighted by Gasteiger charge is -2.10. The zero-order valence-electron chi connectivity index (χ0n) is 15.6. The Morgan fingerprint density at radius 2 is 1.17 bits per heavy atom. The van der Waals surface area contributed by atoms with Gasteiger partial charge in [0.1, 0.15) is 11.2 Å². The fourth-order valence-corrected chi connectivity index (χ4v) is 4.82.